The number of phenolic OH excluding ortho intramolecular Hbond substituents is 1. The first-order valence-electron chi connectivity index (χ1n) is 6.92. The highest BCUT2D eigenvalue weighted by molar-refractivity contribution is 5.93. The van der Waals surface area contributed by atoms with Gasteiger partial charge in [0.1, 0.15) is 18.8 Å². The maximum absolute atomic E-state index is 10.5. The summed E-state index contributed by atoms with van der Waals surface area (Å²) in [5.74, 6) is -2.27. The second-order valence-electron chi connectivity index (χ2n) is 5.98. The number of carbonyl (C=O) groups is 2. The Morgan fingerprint density at radius 1 is 1.00 bits per heavy atom. The molecule has 124 valence electrons. The molecule has 0 heterocycles. The van der Waals surface area contributed by atoms with E-state index in [9.17, 15) is 14.7 Å². The molecule has 7 nitrogen and oxygen atoms in total. The summed E-state index contributed by atoms with van der Waals surface area (Å²) in [6.07, 6.45) is 2.57. The van der Waals surface area contributed by atoms with Crippen LogP contribution in [-0.4, -0.2) is 52.8 Å². The van der Waals surface area contributed by atoms with Crippen molar-refractivity contribution >= 4 is 24.4 Å². The first-order chi connectivity index (χ1) is 10.6. The Morgan fingerprint density at radius 3 is 1.70 bits per heavy atom. The van der Waals surface area contributed by atoms with E-state index in [2.05, 4.69) is 9.98 Å². The van der Waals surface area contributed by atoms with Gasteiger partial charge in [-0.15, -0.1) is 0 Å². The molecule has 1 aromatic carbocycles. The summed E-state index contributed by atoms with van der Waals surface area (Å²) in [4.78, 5) is 28.5. The lowest BCUT2D eigenvalue weighted by atomic mass is 9.85. The molecule has 0 radical (unpaired) electrons. The van der Waals surface area contributed by atoms with E-state index in [-0.39, 0.29) is 11.2 Å². The highest BCUT2D eigenvalue weighted by atomic mass is 16.4. The van der Waals surface area contributed by atoms with Gasteiger partial charge in [-0.3, -0.25) is 19.6 Å². The average Bonchev–Trinajstić information content (AvgIpc) is 2.40. The molecule has 0 unspecified atom stereocenters. The molecule has 0 bridgehead atoms. The summed E-state index contributed by atoms with van der Waals surface area (Å²) in [7, 11) is 0. The zero-order valence-electron chi connectivity index (χ0n) is 13.3. The second-order valence-corrected chi connectivity index (χ2v) is 5.98. The molecule has 0 fully saturated rings. The monoisotopic (exact) mass is 320 g/mol. The fourth-order valence-electron chi connectivity index (χ4n) is 1.75. The molecule has 0 atom stereocenters. The third-order valence-corrected chi connectivity index (χ3v) is 2.95. The van der Waals surface area contributed by atoms with Gasteiger partial charge in [-0.1, -0.05) is 20.8 Å². The molecular weight excluding hydrogens is 300 g/mol. The Morgan fingerprint density at radius 2 is 1.39 bits per heavy atom. The summed E-state index contributed by atoms with van der Waals surface area (Å²) in [5.41, 5.74) is 1.37. The average molecular weight is 320 g/mol. The van der Waals surface area contributed by atoms with Crippen LogP contribution in [-0.2, 0) is 15.0 Å². The molecule has 0 aromatic heterocycles. The molecule has 0 spiro atoms. The van der Waals surface area contributed by atoms with Crippen LogP contribution in [0.3, 0.4) is 0 Å². The van der Waals surface area contributed by atoms with Crippen molar-refractivity contribution in [3.8, 4) is 5.75 Å². The Balaban J connectivity index is 3.28. The molecule has 1 rings (SSSR count). The molecule has 7 heteroatoms. The fraction of sp³-hybridized carbons (Fsp3) is 0.375. The molecule has 0 saturated heterocycles. The smallest absolute Gasteiger partial charge is 0.325 e. The zero-order valence-corrected chi connectivity index (χ0v) is 13.3. The second kappa shape index (κ2) is 7.53. The van der Waals surface area contributed by atoms with Gasteiger partial charge in [0.15, 0.2) is 0 Å². The van der Waals surface area contributed by atoms with Crippen molar-refractivity contribution in [2.45, 2.75) is 26.2 Å². The molecule has 0 aliphatic heterocycles. The number of phenols is 1. The van der Waals surface area contributed by atoms with E-state index in [1.54, 1.807) is 12.1 Å². The van der Waals surface area contributed by atoms with Crippen molar-refractivity contribution in [2.24, 2.45) is 9.98 Å². The summed E-state index contributed by atoms with van der Waals surface area (Å²) in [6.45, 7) is 5.14. The van der Waals surface area contributed by atoms with Crippen molar-refractivity contribution < 1.29 is 24.9 Å². The van der Waals surface area contributed by atoms with E-state index < -0.39 is 25.0 Å². The third kappa shape index (κ3) is 5.90. The normalized spacial score (nSPS) is 12.1. The van der Waals surface area contributed by atoms with Crippen molar-refractivity contribution in [3.05, 3.63) is 28.8 Å². The predicted octanol–water partition coefficient (Wildman–Crippen LogP) is 1.70. The number of nitrogens with zero attached hydrogens (tertiary/aromatic N) is 2. The van der Waals surface area contributed by atoms with Crippen LogP contribution in [0.2, 0.25) is 0 Å². The number of hydrogen-bond donors (Lipinski definition) is 3. The van der Waals surface area contributed by atoms with E-state index in [4.69, 9.17) is 10.2 Å². The summed E-state index contributed by atoms with van der Waals surface area (Å²) in [6, 6.07) is 3.43. The van der Waals surface area contributed by atoms with Crippen molar-refractivity contribution in [2.75, 3.05) is 13.1 Å². The zero-order chi connectivity index (χ0) is 17.6. The summed E-state index contributed by atoms with van der Waals surface area (Å²) < 4.78 is 0. The van der Waals surface area contributed by atoms with E-state index >= 15 is 0 Å². The number of aromatic hydroxyl groups is 1. The highest BCUT2D eigenvalue weighted by Crippen LogP contribution is 2.29. The minimum Gasteiger partial charge on any atom is -0.507 e. The van der Waals surface area contributed by atoms with Gasteiger partial charge in [-0.25, -0.2) is 0 Å². The van der Waals surface area contributed by atoms with E-state index in [1.165, 1.54) is 12.4 Å². The van der Waals surface area contributed by atoms with Gasteiger partial charge in [-0.2, -0.15) is 0 Å². The molecule has 3 N–H and O–H groups in total. The Hall–Kier alpha value is -2.70. The first-order valence-corrected chi connectivity index (χ1v) is 6.92. The number of aliphatic carboxylic acids is 2. The fourth-order valence-corrected chi connectivity index (χ4v) is 1.75. The minimum atomic E-state index is -1.07. The Labute approximate surface area is 134 Å². The molecule has 0 amide bonds. The minimum absolute atomic E-state index is 0.124. The quantitative estimate of drug-likeness (QED) is 0.689. The molecule has 0 saturated carbocycles. The molecular formula is C16H20N2O5. The van der Waals surface area contributed by atoms with Gasteiger partial charge in [0.25, 0.3) is 0 Å². The van der Waals surface area contributed by atoms with Gasteiger partial charge in [0.05, 0.1) is 0 Å². The van der Waals surface area contributed by atoms with Crippen LogP contribution in [0.15, 0.2) is 22.1 Å². The highest BCUT2D eigenvalue weighted by Gasteiger charge is 2.17. The Kier molecular flexibility index (Phi) is 6.01. The number of benzene rings is 1. The third-order valence-electron chi connectivity index (χ3n) is 2.95. The topological polar surface area (TPSA) is 120 Å². The standard InChI is InChI=1S/C16H20N2O5/c1-16(2,3)12-4-10(6-17-8-13(19)20)15(23)11(5-12)7-18-9-14(21)22/h4-7,23H,8-9H2,1-3H3,(H,19,20)(H,21,22). The predicted molar refractivity (Wildman–Crippen MR) is 87.0 cm³/mol. The lowest BCUT2D eigenvalue weighted by Gasteiger charge is -2.21. The number of rotatable bonds is 6. The number of carboxylic acid groups (broad SMARTS) is 2. The van der Waals surface area contributed by atoms with Crippen LogP contribution in [0.4, 0.5) is 0 Å². The number of hydrogen-bond acceptors (Lipinski definition) is 5. The number of aliphatic imine (C=N–C) groups is 2. The van der Waals surface area contributed by atoms with Crippen LogP contribution < -0.4 is 0 Å². The lowest BCUT2D eigenvalue weighted by Crippen LogP contribution is -2.12. The first kappa shape index (κ1) is 18.3. The van der Waals surface area contributed by atoms with E-state index in [0.29, 0.717) is 11.1 Å². The van der Waals surface area contributed by atoms with Crippen LogP contribution in [0.25, 0.3) is 0 Å². The van der Waals surface area contributed by atoms with Gasteiger partial charge in [0.2, 0.25) is 0 Å². The van der Waals surface area contributed by atoms with Crippen LogP contribution in [0.1, 0.15) is 37.5 Å². The van der Waals surface area contributed by atoms with Crippen LogP contribution in [0, 0.1) is 0 Å². The van der Waals surface area contributed by atoms with Gasteiger partial charge >= 0.3 is 11.9 Å². The van der Waals surface area contributed by atoms with Gasteiger partial charge < -0.3 is 15.3 Å². The van der Waals surface area contributed by atoms with Crippen molar-refractivity contribution in [3.63, 3.8) is 0 Å². The molecule has 23 heavy (non-hydrogen) atoms. The maximum atomic E-state index is 10.5. The van der Waals surface area contributed by atoms with E-state index in [0.717, 1.165) is 5.56 Å². The van der Waals surface area contributed by atoms with Crippen molar-refractivity contribution in [1.82, 2.24) is 0 Å². The summed E-state index contributed by atoms with van der Waals surface area (Å²) >= 11 is 0. The lowest BCUT2D eigenvalue weighted by molar-refractivity contribution is -0.136. The van der Waals surface area contributed by atoms with Crippen molar-refractivity contribution in [1.29, 1.82) is 0 Å². The summed E-state index contributed by atoms with van der Waals surface area (Å²) in [5, 5.41) is 27.5. The molecule has 0 aliphatic carbocycles. The van der Waals surface area contributed by atoms with Gasteiger partial charge in [0, 0.05) is 23.6 Å². The Bertz CT molecular complexity index is 610. The molecule has 0 aliphatic rings. The van der Waals surface area contributed by atoms with Crippen LogP contribution >= 0.6 is 0 Å². The number of carboxylic acids is 2. The molecule has 1 aromatic rings. The maximum Gasteiger partial charge on any atom is 0.325 e. The largest absolute Gasteiger partial charge is 0.507 e. The van der Waals surface area contributed by atoms with E-state index in [1.807, 2.05) is 20.8 Å². The van der Waals surface area contributed by atoms with Gasteiger partial charge in [-0.05, 0) is 23.1 Å². The van der Waals surface area contributed by atoms with Crippen LogP contribution in [0.5, 0.6) is 5.75 Å². The SMILES string of the molecule is CC(C)(C)c1cc(C=NCC(=O)O)c(O)c(C=NCC(=O)O)c1.